The van der Waals surface area contributed by atoms with Crippen molar-refractivity contribution in [3.05, 3.63) is 30.0 Å². The maximum Gasteiger partial charge on any atom is 0.412 e. The van der Waals surface area contributed by atoms with Gasteiger partial charge in [-0.25, -0.2) is 9.59 Å². The number of esters is 1. The minimum atomic E-state index is -0.572. The Hall–Kier alpha value is -2.50. The first kappa shape index (κ1) is 14.9. The zero-order valence-electron chi connectivity index (χ0n) is 12.4. The van der Waals surface area contributed by atoms with E-state index < -0.39 is 17.7 Å². The van der Waals surface area contributed by atoms with Gasteiger partial charge in [-0.05, 0) is 39.0 Å². The van der Waals surface area contributed by atoms with Crippen molar-refractivity contribution in [2.75, 3.05) is 12.4 Å². The highest BCUT2D eigenvalue weighted by Gasteiger charge is 2.17. The van der Waals surface area contributed by atoms with Gasteiger partial charge < -0.3 is 13.9 Å². The number of amides is 1. The van der Waals surface area contributed by atoms with Crippen molar-refractivity contribution >= 4 is 28.7 Å². The van der Waals surface area contributed by atoms with Gasteiger partial charge in [0, 0.05) is 17.1 Å². The van der Waals surface area contributed by atoms with Gasteiger partial charge >= 0.3 is 12.1 Å². The van der Waals surface area contributed by atoms with Crippen molar-refractivity contribution in [3.8, 4) is 0 Å². The quantitative estimate of drug-likeness (QED) is 0.856. The number of fused-ring (bicyclic) bond motifs is 1. The molecule has 2 rings (SSSR count). The molecule has 0 aliphatic carbocycles. The number of anilines is 1. The fourth-order valence-corrected chi connectivity index (χ4v) is 1.73. The largest absolute Gasteiger partial charge is 0.463 e. The standard InChI is InChI=1S/C15H17NO5/c1-15(2,3)21-14(18)16-10-6-5-9-7-12(13(17)19-4)20-11(9)8-10/h5-8H,1-4H3,(H,16,18). The van der Waals surface area contributed by atoms with Gasteiger partial charge in [0.25, 0.3) is 0 Å². The van der Waals surface area contributed by atoms with Crippen molar-refractivity contribution in [2.24, 2.45) is 0 Å². The van der Waals surface area contributed by atoms with Crippen molar-refractivity contribution in [2.45, 2.75) is 26.4 Å². The van der Waals surface area contributed by atoms with E-state index in [0.717, 1.165) is 5.39 Å². The molecule has 6 heteroatoms. The lowest BCUT2D eigenvalue weighted by atomic mass is 10.2. The summed E-state index contributed by atoms with van der Waals surface area (Å²) in [5.74, 6) is -0.435. The molecule has 0 fully saturated rings. The van der Waals surface area contributed by atoms with E-state index in [9.17, 15) is 9.59 Å². The van der Waals surface area contributed by atoms with Gasteiger partial charge in [0.15, 0.2) is 0 Å². The summed E-state index contributed by atoms with van der Waals surface area (Å²) in [6.07, 6.45) is -0.554. The summed E-state index contributed by atoms with van der Waals surface area (Å²) in [6, 6.07) is 6.63. The molecule has 1 aromatic carbocycles. The Morgan fingerprint density at radius 1 is 1.19 bits per heavy atom. The first-order valence-electron chi connectivity index (χ1n) is 6.40. The molecule has 1 heterocycles. The van der Waals surface area contributed by atoms with Crippen LogP contribution in [0.25, 0.3) is 11.0 Å². The Balaban J connectivity index is 2.19. The number of nitrogens with one attached hydrogen (secondary N) is 1. The molecule has 2 aromatic rings. The molecule has 0 saturated heterocycles. The molecule has 1 amide bonds. The normalized spacial score (nSPS) is 11.2. The summed E-state index contributed by atoms with van der Waals surface area (Å²) in [7, 11) is 1.28. The maximum atomic E-state index is 11.7. The predicted molar refractivity (Wildman–Crippen MR) is 77.4 cm³/mol. The first-order chi connectivity index (χ1) is 9.78. The van der Waals surface area contributed by atoms with Gasteiger partial charge in [-0.15, -0.1) is 0 Å². The molecule has 0 spiro atoms. The monoisotopic (exact) mass is 291 g/mol. The van der Waals surface area contributed by atoms with E-state index in [1.54, 1.807) is 45.0 Å². The minimum absolute atomic E-state index is 0.113. The average molecular weight is 291 g/mol. The Labute approximate surface area is 122 Å². The van der Waals surface area contributed by atoms with Gasteiger partial charge in [0.2, 0.25) is 5.76 Å². The summed E-state index contributed by atoms with van der Waals surface area (Å²) in [5.41, 5.74) is 0.420. The van der Waals surface area contributed by atoms with E-state index in [1.165, 1.54) is 7.11 Å². The first-order valence-corrected chi connectivity index (χ1v) is 6.40. The number of rotatable bonds is 2. The van der Waals surface area contributed by atoms with Crippen molar-refractivity contribution in [1.82, 2.24) is 0 Å². The summed E-state index contributed by atoms with van der Waals surface area (Å²) in [6.45, 7) is 5.35. The lowest BCUT2D eigenvalue weighted by molar-refractivity contribution is 0.0566. The molecule has 0 aliphatic heterocycles. The molecule has 1 aromatic heterocycles. The van der Waals surface area contributed by atoms with Crippen molar-refractivity contribution in [3.63, 3.8) is 0 Å². The highest BCUT2D eigenvalue weighted by atomic mass is 16.6. The molecule has 21 heavy (non-hydrogen) atoms. The van der Waals surface area contributed by atoms with E-state index in [2.05, 4.69) is 10.1 Å². The lowest BCUT2D eigenvalue weighted by Gasteiger charge is -2.19. The molecule has 0 aliphatic rings. The molecule has 0 bridgehead atoms. The second kappa shape index (κ2) is 5.47. The molecule has 0 atom stereocenters. The van der Waals surface area contributed by atoms with Crippen LogP contribution in [0.1, 0.15) is 31.3 Å². The van der Waals surface area contributed by atoms with E-state index >= 15 is 0 Å². The summed E-state index contributed by atoms with van der Waals surface area (Å²) >= 11 is 0. The summed E-state index contributed by atoms with van der Waals surface area (Å²) in [5, 5.41) is 3.35. The number of ether oxygens (including phenoxy) is 2. The Bertz CT molecular complexity index is 681. The van der Waals surface area contributed by atoms with E-state index in [1.807, 2.05) is 0 Å². The number of methoxy groups -OCH3 is 1. The average Bonchev–Trinajstić information content (AvgIpc) is 2.78. The van der Waals surface area contributed by atoms with Crippen LogP contribution in [0.5, 0.6) is 0 Å². The third-order valence-electron chi connectivity index (χ3n) is 2.55. The van der Waals surface area contributed by atoms with Crippen LogP contribution < -0.4 is 5.32 Å². The molecule has 0 radical (unpaired) electrons. The van der Waals surface area contributed by atoms with Crippen LogP contribution in [-0.2, 0) is 9.47 Å². The molecule has 1 N–H and O–H groups in total. The lowest BCUT2D eigenvalue weighted by Crippen LogP contribution is -2.27. The molecular weight excluding hydrogens is 274 g/mol. The number of carbonyl (C=O) groups excluding carboxylic acids is 2. The van der Waals surface area contributed by atoms with Crippen LogP contribution in [0, 0.1) is 0 Å². The van der Waals surface area contributed by atoms with Gasteiger partial charge in [-0.1, -0.05) is 0 Å². The Morgan fingerprint density at radius 2 is 1.90 bits per heavy atom. The summed E-state index contributed by atoms with van der Waals surface area (Å²) in [4.78, 5) is 23.1. The molecule has 112 valence electrons. The van der Waals surface area contributed by atoms with Crippen LogP contribution in [0.2, 0.25) is 0 Å². The van der Waals surface area contributed by atoms with Crippen LogP contribution in [0.3, 0.4) is 0 Å². The van der Waals surface area contributed by atoms with Crippen LogP contribution >= 0.6 is 0 Å². The number of hydrogen-bond donors (Lipinski definition) is 1. The number of furan rings is 1. The minimum Gasteiger partial charge on any atom is -0.463 e. The Morgan fingerprint density at radius 3 is 2.52 bits per heavy atom. The third kappa shape index (κ3) is 3.75. The fraction of sp³-hybridized carbons (Fsp3) is 0.333. The van der Waals surface area contributed by atoms with Crippen LogP contribution in [-0.4, -0.2) is 24.8 Å². The van der Waals surface area contributed by atoms with Gasteiger partial charge in [0.1, 0.15) is 11.2 Å². The molecule has 0 saturated carbocycles. The zero-order valence-corrected chi connectivity index (χ0v) is 12.4. The van der Waals surface area contributed by atoms with E-state index in [-0.39, 0.29) is 5.76 Å². The van der Waals surface area contributed by atoms with Gasteiger partial charge in [0.05, 0.1) is 7.11 Å². The maximum absolute atomic E-state index is 11.7. The highest BCUT2D eigenvalue weighted by molar-refractivity contribution is 5.94. The second-order valence-electron chi connectivity index (χ2n) is 5.48. The number of carbonyl (C=O) groups is 2. The molecule has 6 nitrogen and oxygen atoms in total. The molecule has 0 unspecified atom stereocenters. The Kier molecular flexibility index (Phi) is 3.88. The van der Waals surface area contributed by atoms with Gasteiger partial charge in [-0.2, -0.15) is 0 Å². The predicted octanol–water partition coefficient (Wildman–Crippen LogP) is 3.57. The zero-order chi connectivity index (χ0) is 15.6. The van der Waals surface area contributed by atoms with Crippen molar-refractivity contribution < 1.29 is 23.5 Å². The molecular formula is C15H17NO5. The number of benzene rings is 1. The van der Waals surface area contributed by atoms with Crippen LogP contribution in [0.15, 0.2) is 28.7 Å². The highest BCUT2D eigenvalue weighted by Crippen LogP contribution is 2.24. The van der Waals surface area contributed by atoms with E-state index in [0.29, 0.717) is 11.3 Å². The number of hydrogen-bond acceptors (Lipinski definition) is 5. The van der Waals surface area contributed by atoms with Gasteiger partial charge in [-0.3, -0.25) is 5.32 Å². The smallest absolute Gasteiger partial charge is 0.412 e. The SMILES string of the molecule is COC(=O)c1cc2ccc(NC(=O)OC(C)(C)C)cc2o1. The van der Waals surface area contributed by atoms with Crippen LogP contribution in [0.4, 0.5) is 10.5 Å². The van der Waals surface area contributed by atoms with Crippen molar-refractivity contribution in [1.29, 1.82) is 0 Å². The van der Waals surface area contributed by atoms with E-state index in [4.69, 9.17) is 9.15 Å². The fourth-order valence-electron chi connectivity index (χ4n) is 1.73. The topological polar surface area (TPSA) is 77.8 Å². The third-order valence-corrected chi connectivity index (χ3v) is 2.55. The second-order valence-corrected chi connectivity index (χ2v) is 5.48. The summed E-state index contributed by atoms with van der Waals surface area (Å²) < 4.78 is 15.1.